The molecule has 174 valence electrons. The van der Waals surface area contributed by atoms with Gasteiger partial charge in [-0.15, -0.1) is 0 Å². The standard InChI is InChI=1S/C27H33N3O3/c31-25(28-14-3-4-15-28)21-12-17-29(18-13-21)26(32)22-9-6-16-30(19-22)27(33)24-11-5-8-20-7-1-2-10-23(20)24/h1-2,5,7-8,10-11,21-22H,3-4,6,9,12-19H2. The van der Waals surface area contributed by atoms with Crippen molar-refractivity contribution in [3.8, 4) is 0 Å². The van der Waals surface area contributed by atoms with Crippen molar-refractivity contribution in [3.05, 3.63) is 48.0 Å². The summed E-state index contributed by atoms with van der Waals surface area (Å²) in [6.45, 7) is 4.25. The summed E-state index contributed by atoms with van der Waals surface area (Å²) in [6, 6.07) is 13.8. The van der Waals surface area contributed by atoms with E-state index in [1.165, 1.54) is 0 Å². The van der Waals surface area contributed by atoms with Crippen LogP contribution >= 0.6 is 0 Å². The molecule has 6 nitrogen and oxygen atoms in total. The van der Waals surface area contributed by atoms with Crippen molar-refractivity contribution in [3.63, 3.8) is 0 Å². The summed E-state index contributed by atoms with van der Waals surface area (Å²) in [4.78, 5) is 45.2. The number of nitrogens with zero attached hydrogens (tertiary/aromatic N) is 3. The quantitative estimate of drug-likeness (QED) is 0.723. The first-order valence-corrected chi connectivity index (χ1v) is 12.5. The van der Waals surface area contributed by atoms with Crippen LogP contribution in [-0.4, -0.2) is 71.7 Å². The van der Waals surface area contributed by atoms with Gasteiger partial charge in [0, 0.05) is 50.7 Å². The molecule has 5 rings (SSSR count). The van der Waals surface area contributed by atoms with Gasteiger partial charge in [-0.2, -0.15) is 0 Å². The van der Waals surface area contributed by atoms with Crippen LogP contribution in [0, 0.1) is 11.8 Å². The summed E-state index contributed by atoms with van der Waals surface area (Å²) in [6.07, 6.45) is 5.40. The average molecular weight is 448 g/mol. The zero-order valence-electron chi connectivity index (χ0n) is 19.2. The van der Waals surface area contributed by atoms with E-state index in [0.717, 1.165) is 62.4 Å². The van der Waals surface area contributed by atoms with E-state index < -0.39 is 0 Å². The fourth-order valence-corrected chi connectivity index (χ4v) is 5.75. The highest BCUT2D eigenvalue weighted by atomic mass is 16.2. The topological polar surface area (TPSA) is 60.9 Å². The summed E-state index contributed by atoms with van der Waals surface area (Å²) in [7, 11) is 0. The highest BCUT2D eigenvalue weighted by Crippen LogP contribution is 2.27. The summed E-state index contributed by atoms with van der Waals surface area (Å²) in [5.41, 5.74) is 0.711. The van der Waals surface area contributed by atoms with Gasteiger partial charge >= 0.3 is 0 Å². The van der Waals surface area contributed by atoms with E-state index in [2.05, 4.69) is 0 Å². The number of piperidine rings is 2. The minimum absolute atomic E-state index is 0.0132. The van der Waals surface area contributed by atoms with Crippen molar-refractivity contribution in [1.29, 1.82) is 0 Å². The molecule has 0 radical (unpaired) electrons. The first kappa shape index (κ1) is 21.9. The van der Waals surface area contributed by atoms with E-state index in [9.17, 15) is 14.4 Å². The van der Waals surface area contributed by atoms with Crippen molar-refractivity contribution < 1.29 is 14.4 Å². The lowest BCUT2D eigenvalue weighted by atomic mass is 9.91. The maximum absolute atomic E-state index is 13.4. The van der Waals surface area contributed by atoms with Crippen LogP contribution < -0.4 is 0 Å². The van der Waals surface area contributed by atoms with E-state index in [-0.39, 0.29) is 29.6 Å². The highest BCUT2D eigenvalue weighted by Gasteiger charge is 2.35. The van der Waals surface area contributed by atoms with Gasteiger partial charge in [0.1, 0.15) is 0 Å². The van der Waals surface area contributed by atoms with E-state index in [1.807, 2.05) is 57.2 Å². The molecule has 3 aliphatic rings. The first-order valence-electron chi connectivity index (χ1n) is 12.5. The average Bonchev–Trinajstić information content (AvgIpc) is 3.42. The minimum Gasteiger partial charge on any atom is -0.342 e. The summed E-state index contributed by atoms with van der Waals surface area (Å²) in [5, 5.41) is 2.02. The predicted octanol–water partition coefficient (Wildman–Crippen LogP) is 3.55. The maximum atomic E-state index is 13.4. The minimum atomic E-state index is -0.150. The molecular formula is C27H33N3O3. The summed E-state index contributed by atoms with van der Waals surface area (Å²) < 4.78 is 0. The Balaban J connectivity index is 1.20. The van der Waals surface area contributed by atoms with Crippen LogP contribution in [0.5, 0.6) is 0 Å². The lowest BCUT2D eigenvalue weighted by Gasteiger charge is -2.38. The van der Waals surface area contributed by atoms with E-state index in [4.69, 9.17) is 0 Å². The molecule has 0 aromatic heterocycles. The van der Waals surface area contributed by atoms with Crippen molar-refractivity contribution in [1.82, 2.24) is 14.7 Å². The van der Waals surface area contributed by atoms with Gasteiger partial charge in [0.05, 0.1) is 5.92 Å². The second-order valence-electron chi connectivity index (χ2n) is 9.75. The van der Waals surface area contributed by atoms with Gasteiger partial charge in [0.2, 0.25) is 11.8 Å². The number of carbonyl (C=O) groups is 3. The fourth-order valence-electron chi connectivity index (χ4n) is 5.75. The van der Waals surface area contributed by atoms with Crippen LogP contribution in [0.15, 0.2) is 42.5 Å². The molecule has 2 aromatic rings. The Kier molecular flexibility index (Phi) is 6.34. The Morgan fingerprint density at radius 3 is 2.06 bits per heavy atom. The number of amides is 3. The van der Waals surface area contributed by atoms with Crippen LogP contribution in [0.4, 0.5) is 0 Å². The molecule has 3 aliphatic heterocycles. The van der Waals surface area contributed by atoms with Crippen LogP contribution in [0.2, 0.25) is 0 Å². The number of fused-ring (bicyclic) bond motifs is 1. The predicted molar refractivity (Wildman–Crippen MR) is 128 cm³/mol. The Bertz CT molecular complexity index is 1030. The van der Waals surface area contributed by atoms with Crippen LogP contribution in [0.3, 0.4) is 0 Å². The largest absolute Gasteiger partial charge is 0.342 e. The monoisotopic (exact) mass is 447 g/mol. The number of likely N-dealkylation sites (tertiary alicyclic amines) is 3. The molecular weight excluding hydrogens is 414 g/mol. The Morgan fingerprint density at radius 1 is 0.636 bits per heavy atom. The molecule has 3 amide bonds. The van der Waals surface area contributed by atoms with Crippen LogP contribution in [0.25, 0.3) is 10.8 Å². The second-order valence-corrected chi connectivity index (χ2v) is 9.75. The lowest BCUT2D eigenvalue weighted by Crippen LogP contribution is -2.49. The highest BCUT2D eigenvalue weighted by molar-refractivity contribution is 6.07. The Labute approximate surface area is 195 Å². The van der Waals surface area contributed by atoms with E-state index >= 15 is 0 Å². The molecule has 0 N–H and O–H groups in total. The molecule has 0 aliphatic carbocycles. The van der Waals surface area contributed by atoms with Gasteiger partial charge in [-0.3, -0.25) is 14.4 Å². The van der Waals surface area contributed by atoms with Crippen molar-refractivity contribution in [2.24, 2.45) is 11.8 Å². The molecule has 1 atom stereocenters. The number of benzene rings is 2. The maximum Gasteiger partial charge on any atom is 0.254 e. The molecule has 3 saturated heterocycles. The van der Waals surface area contributed by atoms with Gasteiger partial charge in [0.25, 0.3) is 5.91 Å². The SMILES string of the molecule is O=C(c1cccc2ccccc12)N1CCCC(C(=O)N2CCC(C(=O)N3CCCC3)CC2)C1. The molecule has 0 bridgehead atoms. The van der Waals surface area contributed by atoms with Crippen LogP contribution in [-0.2, 0) is 9.59 Å². The Morgan fingerprint density at radius 2 is 1.27 bits per heavy atom. The second kappa shape index (κ2) is 9.54. The lowest BCUT2D eigenvalue weighted by molar-refractivity contribution is -0.143. The fraction of sp³-hybridized carbons (Fsp3) is 0.519. The summed E-state index contributed by atoms with van der Waals surface area (Å²) in [5.74, 6) is 0.354. The normalized spacial score (nSPS) is 22.1. The molecule has 3 heterocycles. The third kappa shape index (κ3) is 4.48. The van der Waals surface area contributed by atoms with Crippen molar-refractivity contribution in [2.75, 3.05) is 39.3 Å². The third-order valence-electron chi connectivity index (χ3n) is 7.65. The molecule has 2 aromatic carbocycles. The van der Waals surface area contributed by atoms with E-state index in [1.54, 1.807) is 0 Å². The molecule has 1 unspecified atom stereocenters. The number of rotatable bonds is 3. The molecule has 33 heavy (non-hydrogen) atoms. The van der Waals surface area contributed by atoms with Crippen LogP contribution in [0.1, 0.15) is 48.9 Å². The molecule has 3 fully saturated rings. The zero-order valence-corrected chi connectivity index (χ0v) is 19.2. The molecule has 0 saturated carbocycles. The first-order chi connectivity index (χ1) is 16.1. The van der Waals surface area contributed by atoms with E-state index in [0.29, 0.717) is 31.7 Å². The van der Waals surface area contributed by atoms with Gasteiger partial charge in [-0.05, 0) is 55.4 Å². The molecule has 0 spiro atoms. The van der Waals surface area contributed by atoms with Crippen molar-refractivity contribution >= 4 is 28.5 Å². The van der Waals surface area contributed by atoms with Gasteiger partial charge < -0.3 is 14.7 Å². The van der Waals surface area contributed by atoms with Crippen molar-refractivity contribution in [2.45, 2.75) is 38.5 Å². The number of hydrogen-bond donors (Lipinski definition) is 0. The Hall–Kier alpha value is -2.89. The number of carbonyl (C=O) groups excluding carboxylic acids is 3. The summed E-state index contributed by atoms with van der Waals surface area (Å²) >= 11 is 0. The number of hydrogen-bond acceptors (Lipinski definition) is 3. The zero-order chi connectivity index (χ0) is 22.8. The van der Waals surface area contributed by atoms with Gasteiger partial charge in [-0.1, -0.05) is 36.4 Å². The molecule has 6 heteroatoms. The van der Waals surface area contributed by atoms with Gasteiger partial charge in [-0.25, -0.2) is 0 Å². The van der Waals surface area contributed by atoms with Gasteiger partial charge in [0.15, 0.2) is 0 Å². The smallest absolute Gasteiger partial charge is 0.254 e. The third-order valence-corrected chi connectivity index (χ3v) is 7.65.